The van der Waals surface area contributed by atoms with Crippen LogP contribution in [0.2, 0.25) is 0 Å². The Balaban J connectivity index is 2.08. The van der Waals surface area contributed by atoms with Crippen molar-refractivity contribution in [3.8, 4) is 0 Å². The molecule has 1 aromatic carbocycles. The molecule has 0 aliphatic carbocycles. The largest absolute Gasteiger partial charge is 0.480 e. The highest BCUT2D eigenvalue weighted by Gasteiger charge is 2.38. The summed E-state index contributed by atoms with van der Waals surface area (Å²) in [6.45, 7) is 2.28. The molecule has 1 aliphatic heterocycles. The van der Waals surface area contributed by atoms with E-state index in [0.29, 0.717) is 18.5 Å². The van der Waals surface area contributed by atoms with Crippen molar-refractivity contribution >= 4 is 18.0 Å². The molecule has 0 bridgehead atoms. The fraction of sp³-hybridized carbons (Fsp3) is 0.333. The Morgan fingerprint density at radius 3 is 2.60 bits per heavy atom. The van der Waals surface area contributed by atoms with E-state index in [2.05, 4.69) is 0 Å². The van der Waals surface area contributed by atoms with Crippen molar-refractivity contribution in [3.05, 3.63) is 41.7 Å². The minimum atomic E-state index is -0.974. The van der Waals surface area contributed by atoms with E-state index in [1.165, 1.54) is 23.1 Å². The van der Waals surface area contributed by atoms with E-state index in [1.54, 1.807) is 18.2 Å². The van der Waals surface area contributed by atoms with Gasteiger partial charge in [0.25, 0.3) is 0 Å². The SMILES string of the molecule is CC1CCN(C(=O)/C=C/c2ccc(F)cc2)C1C(=O)O. The smallest absolute Gasteiger partial charge is 0.326 e. The molecule has 2 atom stereocenters. The fourth-order valence-electron chi connectivity index (χ4n) is 2.41. The number of benzene rings is 1. The van der Waals surface area contributed by atoms with Gasteiger partial charge in [0.15, 0.2) is 0 Å². The number of carboxylic acids is 1. The highest BCUT2D eigenvalue weighted by molar-refractivity contribution is 5.94. The predicted octanol–water partition coefficient (Wildman–Crippen LogP) is 2.16. The van der Waals surface area contributed by atoms with E-state index < -0.39 is 12.0 Å². The summed E-state index contributed by atoms with van der Waals surface area (Å²) in [6.07, 6.45) is 3.58. The number of hydrogen-bond acceptors (Lipinski definition) is 2. The van der Waals surface area contributed by atoms with Crippen LogP contribution in [0.5, 0.6) is 0 Å². The van der Waals surface area contributed by atoms with Crippen LogP contribution in [-0.4, -0.2) is 34.5 Å². The average Bonchev–Trinajstić information content (AvgIpc) is 2.80. The molecule has 0 spiro atoms. The molecule has 1 aromatic rings. The third-order valence-corrected chi connectivity index (χ3v) is 3.52. The van der Waals surface area contributed by atoms with E-state index in [9.17, 15) is 14.0 Å². The maximum absolute atomic E-state index is 12.7. The van der Waals surface area contributed by atoms with Crippen LogP contribution in [0.3, 0.4) is 0 Å². The van der Waals surface area contributed by atoms with Crippen molar-refractivity contribution in [2.24, 2.45) is 5.92 Å². The topological polar surface area (TPSA) is 57.6 Å². The average molecular weight is 277 g/mol. The van der Waals surface area contributed by atoms with Crippen molar-refractivity contribution in [2.45, 2.75) is 19.4 Å². The van der Waals surface area contributed by atoms with Gasteiger partial charge in [-0.15, -0.1) is 0 Å². The molecular formula is C15H16FNO3. The summed E-state index contributed by atoms with van der Waals surface area (Å²) in [5.74, 6) is -1.69. The van der Waals surface area contributed by atoms with Gasteiger partial charge in [0.2, 0.25) is 5.91 Å². The van der Waals surface area contributed by atoms with Crippen molar-refractivity contribution < 1.29 is 19.1 Å². The van der Waals surface area contributed by atoms with Crippen LogP contribution in [0.4, 0.5) is 4.39 Å². The summed E-state index contributed by atoms with van der Waals surface area (Å²) in [5.41, 5.74) is 0.693. The molecule has 0 saturated carbocycles. The Morgan fingerprint density at radius 1 is 1.35 bits per heavy atom. The first-order valence-electron chi connectivity index (χ1n) is 6.46. The molecule has 1 amide bonds. The number of likely N-dealkylation sites (tertiary alicyclic amines) is 1. The number of nitrogens with zero attached hydrogens (tertiary/aromatic N) is 1. The first kappa shape index (κ1) is 14.2. The highest BCUT2D eigenvalue weighted by atomic mass is 19.1. The molecule has 1 heterocycles. The summed E-state index contributed by atoms with van der Waals surface area (Å²) in [4.78, 5) is 24.6. The lowest BCUT2D eigenvalue weighted by molar-refractivity contribution is -0.147. The molecule has 106 valence electrons. The molecular weight excluding hydrogens is 261 g/mol. The van der Waals surface area contributed by atoms with Crippen molar-refractivity contribution in [2.75, 3.05) is 6.54 Å². The predicted molar refractivity (Wildman–Crippen MR) is 72.4 cm³/mol. The Kier molecular flexibility index (Phi) is 4.17. The van der Waals surface area contributed by atoms with Gasteiger partial charge in [-0.25, -0.2) is 9.18 Å². The summed E-state index contributed by atoms with van der Waals surface area (Å²) >= 11 is 0. The van der Waals surface area contributed by atoms with Crippen LogP contribution >= 0.6 is 0 Å². The summed E-state index contributed by atoms with van der Waals surface area (Å²) < 4.78 is 12.7. The van der Waals surface area contributed by atoms with Crippen LogP contribution in [0.25, 0.3) is 6.08 Å². The van der Waals surface area contributed by atoms with Gasteiger partial charge in [-0.05, 0) is 36.1 Å². The van der Waals surface area contributed by atoms with Crippen LogP contribution in [0.15, 0.2) is 30.3 Å². The zero-order valence-electron chi connectivity index (χ0n) is 11.1. The lowest BCUT2D eigenvalue weighted by atomic mass is 10.0. The summed E-state index contributed by atoms with van der Waals surface area (Å²) in [6, 6.07) is 4.96. The first-order valence-corrected chi connectivity index (χ1v) is 6.46. The number of carboxylic acid groups (broad SMARTS) is 1. The van der Waals surface area contributed by atoms with E-state index in [-0.39, 0.29) is 17.6 Å². The van der Waals surface area contributed by atoms with Crippen LogP contribution in [-0.2, 0) is 9.59 Å². The molecule has 1 saturated heterocycles. The number of carbonyl (C=O) groups excluding carboxylic acids is 1. The van der Waals surface area contributed by atoms with Gasteiger partial charge in [0.1, 0.15) is 11.9 Å². The van der Waals surface area contributed by atoms with Gasteiger partial charge in [0, 0.05) is 12.6 Å². The van der Waals surface area contributed by atoms with Gasteiger partial charge in [0.05, 0.1) is 0 Å². The van der Waals surface area contributed by atoms with Crippen molar-refractivity contribution in [3.63, 3.8) is 0 Å². The quantitative estimate of drug-likeness (QED) is 0.861. The monoisotopic (exact) mass is 277 g/mol. The Hall–Kier alpha value is -2.17. The highest BCUT2D eigenvalue weighted by Crippen LogP contribution is 2.24. The number of rotatable bonds is 3. The number of halogens is 1. The lowest BCUT2D eigenvalue weighted by Gasteiger charge is -2.21. The minimum Gasteiger partial charge on any atom is -0.480 e. The molecule has 0 radical (unpaired) electrons. The fourth-order valence-corrected chi connectivity index (χ4v) is 2.41. The molecule has 0 aromatic heterocycles. The zero-order chi connectivity index (χ0) is 14.7. The molecule has 1 aliphatic rings. The molecule has 20 heavy (non-hydrogen) atoms. The third-order valence-electron chi connectivity index (χ3n) is 3.52. The standard InChI is InChI=1S/C15H16FNO3/c1-10-8-9-17(14(10)15(19)20)13(18)7-4-11-2-5-12(16)6-3-11/h2-7,10,14H,8-9H2,1H3,(H,19,20)/b7-4+. The second-order valence-corrected chi connectivity index (χ2v) is 4.97. The van der Waals surface area contributed by atoms with E-state index >= 15 is 0 Å². The maximum Gasteiger partial charge on any atom is 0.326 e. The van der Waals surface area contributed by atoms with E-state index in [1.807, 2.05) is 6.92 Å². The number of carbonyl (C=O) groups is 2. The lowest BCUT2D eigenvalue weighted by Crippen LogP contribution is -2.42. The Labute approximate surface area is 116 Å². The number of aliphatic carboxylic acids is 1. The maximum atomic E-state index is 12.7. The van der Waals surface area contributed by atoms with E-state index in [4.69, 9.17) is 5.11 Å². The van der Waals surface area contributed by atoms with Gasteiger partial charge >= 0.3 is 5.97 Å². The number of hydrogen-bond donors (Lipinski definition) is 1. The van der Waals surface area contributed by atoms with Gasteiger partial charge < -0.3 is 10.0 Å². The van der Waals surface area contributed by atoms with Crippen molar-refractivity contribution in [1.29, 1.82) is 0 Å². The Bertz CT molecular complexity index is 539. The van der Waals surface area contributed by atoms with Crippen LogP contribution < -0.4 is 0 Å². The molecule has 5 heteroatoms. The van der Waals surface area contributed by atoms with Crippen molar-refractivity contribution in [1.82, 2.24) is 4.90 Å². The second-order valence-electron chi connectivity index (χ2n) is 4.97. The van der Waals surface area contributed by atoms with Gasteiger partial charge in [-0.2, -0.15) is 0 Å². The zero-order valence-corrected chi connectivity index (χ0v) is 11.1. The second kappa shape index (κ2) is 5.86. The van der Waals surface area contributed by atoms with E-state index in [0.717, 1.165) is 0 Å². The summed E-state index contributed by atoms with van der Waals surface area (Å²) in [5, 5.41) is 9.16. The third kappa shape index (κ3) is 3.04. The molecule has 1 fully saturated rings. The Morgan fingerprint density at radius 2 is 2.00 bits per heavy atom. The summed E-state index contributed by atoms with van der Waals surface area (Å²) in [7, 11) is 0. The minimum absolute atomic E-state index is 0.0457. The first-order chi connectivity index (χ1) is 9.49. The molecule has 2 unspecified atom stereocenters. The molecule has 4 nitrogen and oxygen atoms in total. The molecule has 2 rings (SSSR count). The molecule has 1 N–H and O–H groups in total. The van der Waals surface area contributed by atoms with Gasteiger partial charge in [-0.1, -0.05) is 19.1 Å². The van der Waals surface area contributed by atoms with Gasteiger partial charge in [-0.3, -0.25) is 4.79 Å². The van der Waals surface area contributed by atoms with Crippen LogP contribution in [0.1, 0.15) is 18.9 Å². The normalized spacial score (nSPS) is 22.4. The van der Waals surface area contributed by atoms with Crippen LogP contribution in [0, 0.1) is 11.7 Å². The number of amides is 1.